The van der Waals surface area contributed by atoms with E-state index in [0.29, 0.717) is 12.0 Å². The van der Waals surface area contributed by atoms with Crippen LogP contribution in [0.15, 0.2) is 0 Å². The summed E-state index contributed by atoms with van der Waals surface area (Å²) in [5.74, 6) is 1.89. The van der Waals surface area contributed by atoms with Crippen molar-refractivity contribution >= 4 is 17.4 Å². The van der Waals surface area contributed by atoms with Gasteiger partial charge >= 0.3 is 0 Å². The van der Waals surface area contributed by atoms with E-state index in [1.54, 1.807) is 11.5 Å². The van der Waals surface area contributed by atoms with Gasteiger partial charge < -0.3 is 4.90 Å². The normalized spacial score (nSPS) is 16.3. The third-order valence-electron chi connectivity index (χ3n) is 3.04. The Labute approximate surface area is 96.5 Å². The molecule has 2 rings (SSSR count). The van der Waals surface area contributed by atoms with Crippen molar-refractivity contribution in [1.82, 2.24) is 4.37 Å². The van der Waals surface area contributed by atoms with Crippen LogP contribution in [0.2, 0.25) is 0 Å². The van der Waals surface area contributed by atoms with Crippen molar-refractivity contribution in [2.24, 2.45) is 0 Å². The van der Waals surface area contributed by atoms with Crippen molar-refractivity contribution in [3.8, 4) is 0 Å². The monoisotopic (exact) mass is 224 g/mol. The maximum Gasteiger partial charge on any atom is 0.145 e. The molecule has 0 amide bonds. The molecular formula is C12H20N2S. The third kappa shape index (κ3) is 1.89. The van der Waals surface area contributed by atoms with Gasteiger partial charge in [0, 0.05) is 23.0 Å². The summed E-state index contributed by atoms with van der Waals surface area (Å²) < 4.78 is 4.65. The zero-order chi connectivity index (χ0) is 11.0. The fourth-order valence-corrected chi connectivity index (χ4v) is 3.18. The van der Waals surface area contributed by atoms with Gasteiger partial charge in [0.15, 0.2) is 0 Å². The van der Waals surface area contributed by atoms with Gasteiger partial charge in [-0.25, -0.2) is 0 Å². The average Bonchev–Trinajstić information content (AvgIpc) is 2.59. The van der Waals surface area contributed by atoms with Crippen molar-refractivity contribution in [2.75, 3.05) is 11.4 Å². The molecule has 0 fully saturated rings. The van der Waals surface area contributed by atoms with E-state index in [1.165, 1.54) is 35.6 Å². The summed E-state index contributed by atoms with van der Waals surface area (Å²) >= 11 is 1.70. The van der Waals surface area contributed by atoms with Gasteiger partial charge in [0.1, 0.15) is 5.82 Å². The van der Waals surface area contributed by atoms with Crippen LogP contribution in [0.4, 0.5) is 5.82 Å². The van der Waals surface area contributed by atoms with E-state index < -0.39 is 0 Å². The summed E-state index contributed by atoms with van der Waals surface area (Å²) in [5.41, 5.74) is 1.52. The number of nitrogens with zero attached hydrogens (tertiary/aromatic N) is 2. The largest absolute Gasteiger partial charge is 0.353 e. The Morgan fingerprint density at radius 2 is 2.00 bits per heavy atom. The zero-order valence-electron chi connectivity index (χ0n) is 10.1. The lowest BCUT2D eigenvalue weighted by molar-refractivity contribution is 0.617. The Hall–Kier alpha value is -0.570. The first-order valence-electron chi connectivity index (χ1n) is 5.86. The quantitative estimate of drug-likeness (QED) is 0.765. The molecule has 0 aromatic carbocycles. The predicted octanol–water partition coefficient (Wildman–Crippen LogP) is 3.43. The molecule has 0 radical (unpaired) electrons. The standard InChI is InChI=1S/C12H20N2S/c1-8(2)11-10-6-5-7-14(9(3)4)12(10)13-15-11/h8-9H,5-7H2,1-4H3. The van der Waals surface area contributed by atoms with Crippen LogP contribution in [0.3, 0.4) is 0 Å². The topological polar surface area (TPSA) is 16.1 Å². The molecule has 0 saturated carbocycles. The fraction of sp³-hybridized carbons (Fsp3) is 0.750. The van der Waals surface area contributed by atoms with E-state index in [0.717, 1.165) is 0 Å². The first-order chi connectivity index (χ1) is 7.11. The van der Waals surface area contributed by atoms with E-state index in [4.69, 9.17) is 0 Å². The highest BCUT2D eigenvalue weighted by Crippen LogP contribution is 2.36. The smallest absolute Gasteiger partial charge is 0.145 e. The molecule has 1 aliphatic rings. The molecule has 1 aromatic heterocycles. The van der Waals surface area contributed by atoms with Gasteiger partial charge in [0.05, 0.1) is 0 Å². The van der Waals surface area contributed by atoms with Crippen LogP contribution in [0, 0.1) is 0 Å². The molecule has 0 N–H and O–H groups in total. The Bertz CT molecular complexity index is 341. The van der Waals surface area contributed by atoms with E-state index in [1.807, 2.05) is 0 Å². The molecule has 0 spiro atoms. The number of hydrogen-bond donors (Lipinski definition) is 0. The van der Waals surface area contributed by atoms with E-state index in [2.05, 4.69) is 37.0 Å². The van der Waals surface area contributed by atoms with Crippen molar-refractivity contribution < 1.29 is 0 Å². The van der Waals surface area contributed by atoms with Crippen LogP contribution in [0.1, 0.15) is 50.5 Å². The predicted molar refractivity (Wildman–Crippen MR) is 67.0 cm³/mol. The fourth-order valence-electron chi connectivity index (χ4n) is 2.26. The molecule has 1 aromatic rings. The lowest BCUT2D eigenvalue weighted by Gasteiger charge is -2.31. The number of rotatable bonds is 2. The van der Waals surface area contributed by atoms with Gasteiger partial charge in [0.25, 0.3) is 0 Å². The molecule has 0 aliphatic carbocycles. The molecule has 1 aliphatic heterocycles. The molecule has 3 heteroatoms. The zero-order valence-corrected chi connectivity index (χ0v) is 10.9. The maximum atomic E-state index is 4.65. The van der Waals surface area contributed by atoms with Crippen LogP contribution in [-0.2, 0) is 6.42 Å². The maximum absolute atomic E-state index is 4.65. The van der Waals surface area contributed by atoms with Crippen molar-refractivity contribution in [1.29, 1.82) is 0 Å². The van der Waals surface area contributed by atoms with Gasteiger partial charge in [-0.15, -0.1) is 0 Å². The van der Waals surface area contributed by atoms with Crippen molar-refractivity contribution in [2.45, 2.75) is 52.5 Å². The minimum absolute atomic E-state index is 0.575. The Morgan fingerprint density at radius 3 is 2.60 bits per heavy atom. The Kier molecular flexibility index (Phi) is 3.01. The molecule has 0 bridgehead atoms. The van der Waals surface area contributed by atoms with Gasteiger partial charge in [-0.05, 0) is 44.1 Å². The molecule has 2 heterocycles. The second-order valence-electron chi connectivity index (χ2n) is 4.89. The first kappa shape index (κ1) is 10.9. The summed E-state index contributed by atoms with van der Waals surface area (Å²) in [7, 11) is 0. The van der Waals surface area contributed by atoms with Crippen LogP contribution in [0.5, 0.6) is 0 Å². The highest BCUT2D eigenvalue weighted by Gasteiger charge is 2.25. The third-order valence-corrected chi connectivity index (χ3v) is 4.22. The average molecular weight is 224 g/mol. The van der Waals surface area contributed by atoms with Crippen LogP contribution < -0.4 is 4.90 Å². The SMILES string of the molecule is CC(C)c1snc2c1CCCN2C(C)C. The van der Waals surface area contributed by atoms with Crippen LogP contribution in [0.25, 0.3) is 0 Å². The highest BCUT2D eigenvalue weighted by atomic mass is 32.1. The first-order valence-corrected chi connectivity index (χ1v) is 6.63. The number of anilines is 1. The van der Waals surface area contributed by atoms with Crippen molar-refractivity contribution in [3.05, 3.63) is 10.4 Å². The van der Waals surface area contributed by atoms with Gasteiger partial charge in [-0.2, -0.15) is 4.37 Å². The molecule has 0 saturated heterocycles. The summed E-state index contributed by atoms with van der Waals surface area (Å²) in [6.07, 6.45) is 2.51. The summed E-state index contributed by atoms with van der Waals surface area (Å²) in [5, 5.41) is 0. The second-order valence-corrected chi connectivity index (χ2v) is 5.70. The minimum Gasteiger partial charge on any atom is -0.353 e. The molecule has 0 atom stereocenters. The van der Waals surface area contributed by atoms with Gasteiger partial charge in [0.2, 0.25) is 0 Å². The van der Waals surface area contributed by atoms with E-state index >= 15 is 0 Å². The van der Waals surface area contributed by atoms with Crippen LogP contribution in [-0.4, -0.2) is 17.0 Å². The van der Waals surface area contributed by atoms with E-state index in [9.17, 15) is 0 Å². The second kappa shape index (κ2) is 4.12. The summed E-state index contributed by atoms with van der Waals surface area (Å²) in [6.45, 7) is 10.2. The Morgan fingerprint density at radius 1 is 1.27 bits per heavy atom. The minimum atomic E-state index is 0.575. The number of fused-ring (bicyclic) bond motifs is 1. The lowest BCUT2D eigenvalue weighted by atomic mass is 10.00. The molecule has 0 unspecified atom stereocenters. The summed E-state index contributed by atoms with van der Waals surface area (Å²) in [4.78, 5) is 3.94. The molecule has 2 nitrogen and oxygen atoms in total. The lowest BCUT2D eigenvalue weighted by Crippen LogP contribution is -2.35. The van der Waals surface area contributed by atoms with Crippen LogP contribution >= 0.6 is 11.5 Å². The van der Waals surface area contributed by atoms with Crippen molar-refractivity contribution in [3.63, 3.8) is 0 Å². The van der Waals surface area contributed by atoms with E-state index in [-0.39, 0.29) is 0 Å². The molecule has 84 valence electrons. The Balaban J connectivity index is 2.38. The van der Waals surface area contributed by atoms with Gasteiger partial charge in [-0.1, -0.05) is 13.8 Å². The highest BCUT2D eigenvalue weighted by molar-refractivity contribution is 7.06. The number of aromatic nitrogens is 1. The molecular weight excluding hydrogens is 204 g/mol. The number of hydrogen-bond acceptors (Lipinski definition) is 3. The molecule has 15 heavy (non-hydrogen) atoms. The van der Waals surface area contributed by atoms with Gasteiger partial charge in [-0.3, -0.25) is 0 Å². The summed E-state index contributed by atoms with van der Waals surface area (Å²) in [6, 6.07) is 0.575.